The lowest BCUT2D eigenvalue weighted by Gasteiger charge is -2.37. The summed E-state index contributed by atoms with van der Waals surface area (Å²) < 4.78 is 32.9. The second-order valence-electron chi connectivity index (χ2n) is 4.43. The molecule has 17 heavy (non-hydrogen) atoms. The molecule has 0 aromatic rings. The molecule has 0 radical (unpaired) electrons. The highest BCUT2D eigenvalue weighted by Crippen LogP contribution is 2.18. The predicted octanol–water partition coefficient (Wildman–Crippen LogP) is 0.901. The molecule has 1 fully saturated rings. The molecule has 0 amide bonds. The summed E-state index contributed by atoms with van der Waals surface area (Å²) in [5.41, 5.74) is 0. The van der Waals surface area contributed by atoms with Gasteiger partial charge in [-0.1, -0.05) is 0 Å². The third-order valence-electron chi connectivity index (χ3n) is 2.85. The van der Waals surface area contributed by atoms with Crippen LogP contribution in [0.3, 0.4) is 0 Å². The molecule has 0 saturated carbocycles. The fourth-order valence-electron chi connectivity index (χ4n) is 1.77. The molecule has 1 heterocycles. The minimum Gasteiger partial charge on any atom is -0.375 e. The van der Waals surface area contributed by atoms with Gasteiger partial charge in [0.05, 0.1) is 12.7 Å². The summed E-state index contributed by atoms with van der Waals surface area (Å²) in [6.45, 7) is 5.05. The van der Waals surface area contributed by atoms with Gasteiger partial charge < -0.3 is 4.74 Å². The molecule has 2 unspecified atom stereocenters. The van der Waals surface area contributed by atoms with E-state index in [4.69, 9.17) is 16.3 Å². The van der Waals surface area contributed by atoms with Crippen LogP contribution in [0.1, 0.15) is 20.3 Å². The zero-order valence-electron chi connectivity index (χ0n) is 10.6. The first kappa shape index (κ1) is 15.2. The highest BCUT2D eigenvalue weighted by molar-refractivity contribution is 7.86. The summed E-state index contributed by atoms with van der Waals surface area (Å²) >= 11 is 5.58. The average Bonchev–Trinajstić information content (AvgIpc) is 2.28. The van der Waals surface area contributed by atoms with Crippen LogP contribution in [-0.2, 0) is 14.9 Å². The third-order valence-corrected chi connectivity index (χ3v) is 5.19. The summed E-state index contributed by atoms with van der Waals surface area (Å²) in [5, 5.41) is 0. The molecule has 1 aliphatic rings. The van der Waals surface area contributed by atoms with Gasteiger partial charge >= 0.3 is 0 Å². The number of hydrogen-bond donors (Lipinski definition) is 0. The molecule has 0 aliphatic carbocycles. The first-order valence-electron chi connectivity index (χ1n) is 5.80. The number of rotatable bonds is 5. The van der Waals surface area contributed by atoms with E-state index in [0.29, 0.717) is 32.0 Å². The Morgan fingerprint density at radius 3 is 2.71 bits per heavy atom. The maximum atomic E-state index is 12.3. The van der Waals surface area contributed by atoms with Crippen molar-refractivity contribution in [3.63, 3.8) is 0 Å². The Morgan fingerprint density at radius 1 is 1.47 bits per heavy atom. The highest BCUT2D eigenvalue weighted by Gasteiger charge is 2.35. The van der Waals surface area contributed by atoms with Crippen LogP contribution in [0, 0.1) is 0 Å². The fourth-order valence-corrected chi connectivity index (χ4v) is 3.52. The first-order chi connectivity index (χ1) is 7.89. The lowest BCUT2D eigenvalue weighted by molar-refractivity contribution is -0.0188. The second kappa shape index (κ2) is 6.33. The standard InChI is InChI=1S/C10H21ClN2O3S/c1-9-8-16-10(2)7-13(9)17(14,15)12(3)6-4-5-11/h9-10H,4-8H2,1-3H3. The Morgan fingerprint density at radius 2 is 2.12 bits per heavy atom. The quantitative estimate of drug-likeness (QED) is 0.705. The van der Waals surface area contributed by atoms with Crippen molar-refractivity contribution in [1.29, 1.82) is 0 Å². The number of halogens is 1. The van der Waals surface area contributed by atoms with Crippen LogP contribution in [0.5, 0.6) is 0 Å². The molecule has 0 spiro atoms. The van der Waals surface area contributed by atoms with Gasteiger partial charge in [0.1, 0.15) is 0 Å². The van der Waals surface area contributed by atoms with Crippen molar-refractivity contribution < 1.29 is 13.2 Å². The minimum absolute atomic E-state index is 0.0533. The number of nitrogens with zero attached hydrogens (tertiary/aromatic N) is 2. The Kier molecular flexibility index (Phi) is 5.66. The lowest BCUT2D eigenvalue weighted by Crippen LogP contribution is -2.54. The summed E-state index contributed by atoms with van der Waals surface area (Å²) in [4.78, 5) is 0. The zero-order valence-corrected chi connectivity index (χ0v) is 12.2. The average molecular weight is 285 g/mol. The van der Waals surface area contributed by atoms with Gasteiger partial charge in [0.25, 0.3) is 10.2 Å². The Balaban J connectivity index is 2.73. The molecule has 1 saturated heterocycles. The number of morpholine rings is 1. The maximum absolute atomic E-state index is 12.3. The van der Waals surface area contributed by atoms with E-state index < -0.39 is 10.2 Å². The van der Waals surface area contributed by atoms with Crippen molar-refractivity contribution in [2.75, 3.05) is 32.6 Å². The van der Waals surface area contributed by atoms with Gasteiger partial charge in [0.2, 0.25) is 0 Å². The molecule has 0 aromatic heterocycles. The van der Waals surface area contributed by atoms with Gasteiger partial charge in [-0.2, -0.15) is 17.0 Å². The van der Waals surface area contributed by atoms with Crippen LogP contribution in [0.15, 0.2) is 0 Å². The van der Waals surface area contributed by atoms with Crippen LogP contribution in [0.25, 0.3) is 0 Å². The molecule has 0 N–H and O–H groups in total. The van der Waals surface area contributed by atoms with E-state index in [1.54, 1.807) is 7.05 Å². The van der Waals surface area contributed by atoms with E-state index in [-0.39, 0.29) is 12.1 Å². The van der Waals surface area contributed by atoms with E-state index in [1.165, 1.54) is 8.61 Å². The van der Waals surface area contributed by atoms with Gasteiger partial charge in [-0.15, -0.1) is 11.6 Å². The van der Waals surface area contributed by atoms with Crippen LogP contribution >= 0.6 is 11.6 Å². The summed E-state index contributed by atoms with van der Waals surface area (Å²) in [5.74, 6) is 0.467. The molecule has 2 atom stereocenters. The van der Waals surface area contributed by atoms with Crippen molar-refractivity contribution >= 4 is 21.8 Å². The Labute approximate surface area is 109 Å². The largest absolute Gasteiger partial charge is 0.375 e. The van der Waals surface area contributed by atoms with E-state index in [1.807, 2.05) is 13.8 Å². The van der Waals surface area contributed by atoms with E-state index in [2.05, 4.69) is 0 Å². The molecule has 7 heteroatoms. The smallest absolute Gasteiger partial charge is 0.282 e. The number of hydrogen-bond acceptors (Lipinski definition) is 3. The van der Waals surface area contributed by atoms with Gasteiger partial charge in [0.15, 0.2) is 0 Å². The second-order valence-corrected chi connectivity index (χ2v) is 6.80. The maximum Gasteiger partial charge on any atom is 0.282 e. The fraction of sp³-hybridized carbons (Fsp3) is 1.00. The van der Waals surface area contributed by atoms with E-state index in [9.17, 15) is 8.42 Å². The van der Waals surface area contributed by atoms with Crippen LogP contribution < -0.4 is 0 Å². The SMILES string of the molecule is CC1CN(S(=O)(=O)N(C)CCCCl)C(C)CO1. The van der Waals surface area contributed by atoms with Gasteiger partial charge in [-0.25, -0.2) is 0 Å². The zero-order chi connectivity index (χ0) is 13.1. The monoisotopic (exact) mass is 284 g/mol. The normalized spacial score (nSPS) is 27.6. The topological polar surface area (TPSA) is 49.9 Å². The van der Waals surface area contributed by atoms with Gasteiger partial charge in [-0.3, -0.25) is 0 Å². The van der Waals surface area contributed by atoms with Crippen LogP contribution in [-0.4, -0.2) is 61.8 Å². The highest BCUT2D eigenvalue weighted by atomic mass is 35.5. The Bertz CT molecular complexity index is 336. The first-order valence-corrected chi connectivity index (χ1v) is 7.73. The molecule has 0 bridgehead atoms. The molecular formula is C10H21ClN2O3S. The lowest BCUT2D eigenvalue weighted by atomic mass is 10.2. The molecule has 1 rings (SSSR count). The third kappa shape index (κ3) is 3.79. The van der Waals surface area contributed by atoms with E-state index in [0.717, 1.165) is 0 Å². The summed E-state index contributed by atoms with van der Waals surface area (Å²) in [7, 11) is -1.80. The molecule has 5 nitrogen and oxygen atoms in total. The summed E-state index contributed by atoms with van der Waals surface area (Å²) in [6.07, 6.45) is 0.605. The Hall–Kier alpha value is 0.120. The number of alkyl halides is 1. The summed E-state index contributed by atoms with van der Waals surface area (Å²) in [6, 6.07) is -0.116. The molecule has 102 valence electrons. The van der Waals surface area contributed by atoms with Gasteiger partial charge in [-0.05, 0) is 20.3 Å². The van der Waals surface area contributed by atoms with Crippen molar-refractivity contribution in [2.24, 2.45) is 0 Å². The predicted molar refractivity (Wildman–Crippen MR) is 68.5 cm³/mol. The molecular weight excluding hydrogens is 264 g/mol. The van der Waals surface area contributed by atoms with Crippen LogP contribution in [0.2, 0.25) is 0 Å². The molecule has 0 aromatic carbocycles. The molecule has 1 aliphatic heterocycles. The van der Waals surface area contributed by atoms with Crippen molar-refractivity contribution in [1.82, 2.24) is 8.61 Å². The van der Waals surface area contributed by atoms with E-state index >= 15 is 0 Å². The van der Waals surface area contributed by atoms with Crippen molar-refractivity contribution in [2.45, 2.75) is 32.4 Å². The number of ether oxygens (including phenoxy) is 1. The van der Waals surface area contributed by atoms with Crippen molar-refractivity contribution in [3.05, 3.63) is 0 Å². The minimum atomic E-state index is -3.39. The van der Waals surface area contributed by atoms with Gasteiger partial charge in [0, 0.05) is 32.1 Å². The van der Waals surface area contributed by atoms with Crippen molar-refractivity contribution in [3.8, 4) is 0 Å². The van der Waals surface area contributed by atoms with Crippen LogP contribution in [0.4, 0.5) is 0 Å².